The molecule has 0 bridgehead atoms. The van der Waals surface area contributed by atoms with Crippen LogP contribution < -0.4 is 0 Å². The van der Waals surface area contributed by atoms with Gasteiger partial charge in [-0.05, 0) is 11.6 Å². The number of carbonyl (C=O) groups excluding carboxylic acids is 1. The van der Waals surface area contributed by atoms with Crippen molar-refractivity contribution in [1.82, 2.24) is 0 Å². The molecule has 0 amide bonds. The molecule has 1 unspecified atom stereocenters. The summed E-state index contributed by atoms with van der Waals surface area (Å²) in [6, 6.07) is 8.05. The number of halogens is 1. The molecule has 1 atom stereocenters. The average molecular weight is 213 g/mol. The minimum Gasteiger partial charge on any atom is -0.298 e. The molecule has 1 aromatic carbocycles. The number of hydrogen-bond donors (Lipinski definition) is 0. The minimum absolute atomic E-state index is 0.0266. The highest BCUT2D eigenvalue weighted by Crippen LogP contribution is 2.39. The Bertz CT molecular complexity index is 337. The molecule has 1 aliphatic heterocycles. The van der Waals surface area contributed by atoms with E-state index < -0.39 is 0 Å². The van der Waals surface area contributed by atoms with Crippen molar-refractivity contribution >= 4 is 29.1 Å². The van der Waals surface area contributed by atoms with Crippen LogP contribution in [0.3, 0.4) is 0 Å². The van der Waals surface area contributed by atoms with Gasteiger partial charge >= 0.3 is 0 Å². The minimum atomic E-state index is 0.0266. The lowest BCUT2D eigenvalue weighted by Crippen LogP contribution is -2.12. The van der Waals surface area contributed by atoms with Gasteiger partial charge in [0.1, 0.15) is 0 Å². The molecule has 0 saturated carbocycles. The quantitative estimate of drug-likeness (QED) is 0.702. The normalized spacial score (nSPS) is 19.9. The van der Waals surface area contributed by atoms with E-state index >= 15 is 0 Å². The Morgan fingerprint density at radius 3 is 3.08 bits per heavy atom. The van der Waals surface area contributed by atoms with Crippen LogP contribution in [0.4, 0.5) is 0 Å². The summed E-state index contributed by atoms with van der Waals surface area (Å²) >= 11 is 7.28. The number of hydrogen-bond acceptors (Lipinski definition) is 2. The third kappa shape index (κ3) is 1.61. The van der Waals surface area contributed by atoms with Gasteiger partial charge in [-0.2, -0.15) is 0 Å². The van der Waals surface area contributed by atoms with Crippen molar-refractivity contribution in [2.24, 2.45) is 0 Å². The van der Waals surface area contributed by atoms with Crippen molar-refractivity contribution in [2.75, 3.05) is 11.6 Å². The number of Topliss-reactive ketones (excluding diaryl/α,β-unsaturated/α-hetero) is 1. The summed E-state index contributed by atoms with van der Waals surface area (Å²) in [7, 11) is 0. The molecular weight excluding hydrogens is 204 g/mol. The molecule has 3 heteroatoms. The third-order valence-electron chi connectivity index (χ3n) is 2.22. The Hall–Kier alpha value is -0.470. The molecule has 1 heterocycles. The van der Waals surface area contributed by atoms with Crippen LogP contribution in [0.2, 0.25) is 0 Å². The van der Waals surface area contributed by atoms with Gasteiger partial charge in [-0.25, -0.2) is 0 Å². The molecule has 1 aromatic rings. The van der Waals surface area contributed by atoms with Crippen LogP contribution in [-0.2, 0) is 4.79 Å². The highest BCUT2D eigenvalue weighted by Gasteiger charge is 2.27. The van der Waals surface area contributed by atoms with E-state index in [0.717, 1.165) is 11.3 Å². The third-order valence-corrected chi connectivity index (χ3v) is 3.67. The highest BCUT2D eigenvalue weighted by atomic mass is 35.5. The van der Waals surface area contributed by atoms with Crippen molar-refractivity contribution in [3.05, 3.63) is 29.8 Å². The second kappa shape index (κ2) is 3.72. The van der Waals surface area contributed by atoms with Crippen LogP contribution in [0.1, 0.15) is 11.5 Å². The predicted molar refractivity (Wildman–Crippen MR) is 55.6 cm³/mol. The Morgan fingerprint density at radius 1 is 1.54 bits per heavy atom. The van der Waals surface area contributed by atoms with Crippen LogP contribution in [0.5, 0.6) is 0 Å². The molecule has 0 N–H and O–H groups in total. The summed E-state index contributed by atoms with van der Waals surface area (Å²) in [5.41, 5.74) is 1.15. The summed E-state index contributed by atoms with van der Waals surface area (Å²) in [6.07, 6.45) is 0. The molecule has 0 radical (unpaired) electrons. The van der Waals surface area contributed by atoms with E-state index in [2.05, 4.69) is 6.07 Å². The number of carbonyl (C=O) groups is 1. The number of thioether (sulfide) groups is 1. The van der Waals surface area contributed by atoms with Gasteiger partial charge in [0, 0.05) is 10.6 Å². The van der Waals surface area contributed by atoms with Crippen LogP contribution in [0, 0.1) is 0 Å². The fourth-order valence-corrected chi connectivity index (χ4v) is 2.97. The van der Waals surface area contributed by atoms with Crippen LogP contribution in [-0.4, -0.2) is 17.4 Å². The monoisotopic (exact) mass is 212 g/mol. The van der Waals surface area contributed by atoms with Gasteiger partial charge in [-0.3, -0.25) is 4.79 Å². The molecule has 0 saturated heterocycles. The fraction of sp³-hybridized carbons (Fsp3) is 0.300. The van der Waals surface area contributed by atoms with Crippen LogP contribution in [0.15, 0.2) is 29.2 Å². The second-order valence-corrected chi connectivity index (χ2v) is 4.33. The number of benzene rings is 1. The van der Waals surface area contributed by atoms with Gasteiger partial charge in [-0.15, -0.1) is 23.4 Å². The molecule has 2 rings (SSSR count). The summed E-state index contributed by atoms with van der Waals surface area (Å²) < 4.78 is 0. The van der Waals surface area contributed by atoms with E-state index in [1.165, 1.54) is 4.90 Å². The van der Waals surface area contributed by atoms with E-state index in [1.54, 1.807) is 11.8 Å². The standard InChI is InChI=1S/C10H9ClOS/c11-5-9(12)8-6-13-10-4-2-1-3-7(8)10/h1-4,8H,5-6H2. The average Bonchev–Trinajstić information content (AvgIpc) is 2.60. The van der Waals surface area contributed by atoms with E-state index in [9.17, 15) is 4.79 Å². The van der Waals surface area contributed by atoms with Crippen LogP contribution >= 0.6 is 23.4 Å². The first-order valence-electron chi connectivity index (χ1n) is 4.13. The SMILES string of the molecule is O=C(CCl)C1CSc2ccccc21. The first-order chi connectivity index (χ1) is 6.33. The molecule has 0 spiro atoms. The van der Waals surface area contributed by atoms with Gasteiger partial charge in [0.15, 0.2) is 5.78 Å². The van der Waals surface area contributed by atoms with Crippen molar-refractivity contribution < 1.29 is 4.79 Å². The maximum atomic E-state index is 11.4. The molecule has 0 fully saturated rings. The zero-order valence-corrected chi connectivity index (χ0v) is 8.57. The van der Waals surface area contributed by atoms with E-state index in [4.69, 9.17) is 11.6 Å². The van der Waals surface area contributed by atoms with Gasteiger partial charge in [0.05, 0.1) is 11.8 Å². The molecule has 0 aliphatic carbocycles. The van der Waals surface area contributed by atoms with Crippen molar-refractivity contribution in [1.29, 1.82) is 0 Å². The zero-order chi connectivity index (χ0) is 9.26. The summed E-state index contributed by atoms with van der Waals surface area (Å²) in [4.78, 5) is 12.7. The van der Waals surface area contributed by atoms with E-state index in [1.807, 2.05) is 18.2 Å². The van der Waals surface area contributed by atoms with E-state index in [0.29, 0.717) is 0 Å². The summed E-state index contributed by atoms with van der Waals surface area (Å²) in [5, 5.41) is 0. The zero-order valence-electron chi connectivity index (χ0n) is 7.00. The lowest BCUT2D eigenvalue weighted by Gasteiger charge is -2.05. The maximum absolute atomic E-state index is 11.4. The molecule has 68 valence electrons. The van der Waals surface area contributed by atoms with Gasteiger partial charge in [0.25, 0.3) is 0 Å². The van der Waals surface area contributed by atoms with Crippen molar-refractivity contribution in [2.45, 2.75) is 10.8 Å². The first-order valence-corrected chi connectivity index (χ1v) is 5.65. The summed E-state index contributed by atoms with van der Waals surface area (Å²) in [6.45, 7) is 0. The van der Waals surface area contributed by atoms with Crippen LogP contribution in [0.25, 0.3) is 0 Å². The number of rotatable bonds is 2. The number of ketones is 1. The van der Waals surface area contributed by atoms with Crippen molar-refractivity contribution in [3.63, 3.8) is 0 Å². The largest absolute Gasteiger partial charge is 0.298 e. The topological polar surface area (TPSA) is 17.1 Å². The Balaban J connectivity index is 2.33. The Morgan fingerprint density at radius 2 is 2.31 bits per heavy atom. The smallest absolute Gasteiger partial charge is 0.155 e. The van der Waals surface area contributed by atoms with Gasteiger partial charge in [0.2, 0.25) is 0 Å². The Labute approximate surface area is 86.5 Å². The first kappa shape index (κ1) is 9.10. The lowest BCUT2D eigenvalue weighted by molar-refractivity contribution is -0.117. The molecule has 1 aliphatic rings. The van der Waals surface area contributed by atoms with Gasteiger partial charge in [-0.1, -0.05) is 18.2 Å². The molecule has 1 nitrogen and oxygen atoms in total. The molecular formula is C10H9ClOS. The molecule has 0 aromatic heterocycles. The second-order valence-electron chi connectivity index (χ2n) is 3.00. The van der Waals surface area contributed by atoms with Crippen molar-refractivity contribution in [3.8, 4) is 0 Å². The van der Waals surface area contributed by atoms with Gasteiger partial charge < -0.3 is 0 Å². The number of fused-ring (bicyclic) bond motifs is 1. The highest BCUT2D eigenvalue weighted by molar-refractivity contribution is 7.99. The Kier molecular flexibility index (Phi) is 2.61. The maximum Gasteiger partial charge on any atom is 0.155 e. The predicted octanol–water partition coefficient (Wildman–Crippen LogP) is 2.68. The summed E-state index contributed by atoms with van der Waals surface area (Å²) in [5.74, 6) is 1.14. The van der Waals surface area contributed by atoms with E-state index in [-0.39, 0.29) is 17.6 Å². The fourth-order valence-electron chi connectivity index (χ4n) is 1.52. The molecule has 13 heavy (non-hydrogen) atoms. The number of alkyl halides is 1. The lowest BCUT2D eigenvalue weighted by atomic mass is 9.98.